The van der Waals surface area contributed by atoms with Crippen molar-refractivity contribution in [2.45, 2.75) is 44.1 Å². The van der Waals surface area contributed by atoms with Gasteiger partial charge >= 0.3 is 5.69 Å². The van der Waals surface area contributed by atoms with E-state index in [9.17, 15) is 10.1 Å². The van der Waals surface area contributed by atoms with Gasteiger partial charge in [-0.3, -0.25) is 10.1 Å². The molecule has 6 heteroatoms. The topological polar surface area (TPSA) is 78.4 Å². The first-order valence-corrected chi connectivity index (χ1v) is 7.65. The molecule has 0 radical (unpaired) electrons. The van der Waals surface area contributed by atoms with Gasteiger partial charge in [-0.25, -0.2) is 0 Å². The molecule has 0 saturated heterocycles. The van der Waals surface area contributed by atoms with Gasteiger partial charge in [0.05, 0.1) is 10.5 Å². The van der Waals surface area contributed by atoms with Crippen LogP contribution >= 0.6 is 15.9 Å². The van der Waals surface area contributed by atoms with Crippen LogP contribution in [0.4, 0.5) is 5.69 Å². The minimum atomic E-state index is -0.434. The van der Waals surface area contributed by atoms with Crippen molar-refractivity contribution in [3.8, 4) is 5.75 Å². The number of nitro groups is 1. The second kappa shape index (κ2) is 6.54. The smallest absolute Gasteiger partial charge is 0.312 e. The highest BCUT2D eigenvalue weighted by Gasteiger charge is 2.28. The fourth-order valence-electron chi connectivity index (χ4n) is 2.55. The molecule has 20 heavy (non-hydrogen) atoms. The van der Waals surface area contributed by atoms with Gasteiger partial charge in [0.1, 0.15) is 6.61 Å². The summed E-state index contributed by atoms with van der Waals surface area (Å²) in [4.78, 5) is 10.6. The molecular formula is C14H19BrN2O3. The van der Waals surface area contributed by atoms with Crippen LogP contribution in [0.3, 0.4) is 0 Å². The molecule has 0 heterocycles. The van der Waals surface area contributed by atoms with E-state index in [0.717, 1.165) is 25.7 Å². The van der Waals surface area contributed by atoms with Gasteiger partial charge in [0.25, 0.3) is 0 Å². The SMILES string of the molecule is NC1(COc2ccc(Br)cc2[N+](=O)[O-])CCCCCC1. The summed E-state index contributed by atoms with van der Waals surface area (Å²) < 4.78 is 6.32. The highest BCUT2D eigenvalue weighted by Crippen LogP contribution is 2.32. The van der Waals surface area contributed by atoms with Crippen LogP contribution in [0.25, 0.3) is 0 Å². The van der Waals surface area contributed by atoms with E-state index in [4.69, 9.17) is 10.5 Å². The predicted molar refractivity (Wildman–Crippen MR) is 80.9 cm³/mol. The molecule has 1 fully saturated rings. The minimum absolute atomic E-state index is 0.0309. The van der Waals surface area contributed by atoms with E-state index in [2.05, 4.69) is 15.9 Å². The fourth-order valence-corrected chi connectivity index (χ4v) is 2.90. The summed E-state index contributed by atoms with van der Waals surface area (Å²) in [7, 11) is 0. The molecule has 0 amide bonds. The minimum Gasteiger partial charge on any atom is -0.485 e. The van der Waals surface area contributed by atoms with Gasteiger partial charge < -0.3 is 10.5 Å². The Morgan fingerprint density at radius 3 is 2.55 bits per heavy atom. The number of benzene rings is 1. The Hall–Kier alpha value is -1.14. The highest BCUT2D eigenvalue weighted by atomic mass is 79.9. The normalized spacial score (nSPS) is 18.3. The molecule has 110 valence electrons. The molecule has 2 N–H and O–H groups in total. The average molecular weight is 343 g/mol. The molecule has 0 aliphatic heterocycles. The lowest BCUT2D eigenvalue weighted by atomic mass is 9.92. The third-order valence-electron chi connectivity index (χ3n) is 3.73. The number of ether oxygens (including phenoxy) is 1. The fraction of sp³-hybridized carbons (Fsp3) is 0.571. The van der Waals surface area contributed by atoms with Gasteiger partial charge in [-0.15, -0.1) is 0 Å². The van der Waals surface area contributed by atoms with Crippen molar-refractivity contribution in [1.29, 1.82) is 0 Å². The molecule has 1 aliphatic rings. The lowest BCUT2D eigenvalue weighted by Gasteiger charge is -2.27. The van der Waals surface area contributed by atoms with E-state index in [-0.39, 0.29) is 17.0 Å². The van der Waals surface area contributed by atoms with E-state index in [1.807, 2.05) is 0 Å². The third-order valence-corrected chi connectivity index (χ3v) is 4.23. The van der Waals surface area contributed by atoms with Gasteiger partial charge in [0, 0.05) is 10.5 Å². The van der Waals surface area contributed by atoms with Crippen LogP contribution in [0.5, 0.6) is 5.75 Å². The van der Waals surface area contributed by atoms with Crippen molar-refractivity contribution in [3.63, 3.8) is 0 Å². The van der Waals surface area contributed by atoms with E-state index >= 15 is 0 Å². The Balaban J connectivity index is 2.08. The average Bonchev–Trinajstić information content (AvgIpc) is 2.62. The van der Waals surface area contributed by atoms with Crippen LogP contribution in [0.15, 0.2) is 22.7 Å². The number of nitrogens with zero attached hydrogens (tertiary/aromatic N) is 1. The lowest BCUT2D eigenvalue weighted by molar-refractivity contribution is -0.386. The second-order valence-corrected chi connectivity index (χ2v) is 6.35. The molecule has 0 unspecified atom stereocenters. The maximum Gasteiger partial charge on any atom is 0.312 e. The Morgan fingerprint density at radius 2 is 1.95 bits per heavy atom. The molecule has 2 rings (SSSR count). The maximum atomic E-state index is 11.0. The van der Waals surface area contributed by atoms with Crippen LogP contribution in [0.2, 0.25) is 0 Å². The standard InChI is InChI=1S/C14H19BrN2O3/c15-11-5-6-13(12(9-11)17(18)19)20-10-14(16)7-3-1-2-4-8-14/h5-6,9H,1-4,7-8,10,16H2. The summed E-state index contributed by atoms with van der Waals surface area (Å²) in [6.45, 7) is 0.329. The van der Waals surface area contributed by atoms with Crippen molar-refractivity contribution in [2.24, 2.45) is 5.73 Å². The van der Waals surface area contributed by atoms with Crippen LogP contribution in [-0.4, -0.2) is 17.1 Å². The molecule has 5 nitrogen and oxygen atoms in total. The monoisotopic (exact) mass is 342 g/mol. The summed E-state index contributed by atoms with van der Waals surface area (Å²) in [5.74, 6) is 0.285. The highest BCUT2D eigenvalue weighted by molar-refractivity contribution is 9.10. The van der Waals surface area contributed by atoms with E-state index < -0.39 is 4.92 Å². The van der Waals surface area contributed by atoms with Crippen molar-refractivity contribution in [1.82, 2.24) is 0 Å². The first-order chi connectivity index (χ1) is 9.50. The molecule has 1 aliphatic carbocycles. The summed E-state index contributed by atoms with van der Waals surface area (Å²) in [6, 6.07) is 4.80. The first kappa shape index (κ1) is 15.3. The summed E-state index contributed by atoms with van der Waals surface area (Å²) in [5, 5.41) is 11.0. The van der Waals surface area contributed by atoms with E-state index in [1.165, 1.54) is 18.9 Å². The van der Waals surface area contributed by atoms with Gasteiger partial charge in [-0.05, 0) is 25.0 Å². The Kier molecular flexibility index (Phi) is 4.99. The van der Waals surface area contributed by atoms with Gasteiger partial charge in [-0.2, -0.15) is 0 Å². The van der Waals surface area contributed by atoms with Gasteiger partial charge in [0.15, 0.2) is 5.75 Å². The van der Waals surface area contributed by atoms with Crippen molar-refractivity contribution in [2.75, 3.05) is 6.61 Å². The van der Waals surface area contributed by atoms with Crippen molar-refractivity contribution in [3.05, 3.63) is 32.8 Å². The number of nitrogens with two attached hydrogens (primary N) is 1. The number of hydrogen-bond acceptors (Lipinski definition) is 4. The molecule has 1 aromatic carbocycles. The molecule has 1 saturated carbocycles. The number of hydrogen-bond donors (Lipinski definition) is 1. The van der Waals surface area contributed by atoms with Crippen LogP contribution in [-0.2, 0) is 0 Å². The van der Waals surface area contributed by atoms with Crippen molar-refractivity contribution < 1.29 is 9.66 Å². The zero-order chi connectivity index (χ0) is 14.6. The summed E-state index contributed by atoms with van der Waals surface area (Å²) in [5.41, 5.74) is 5.96. The Labute approximate surface area is 126 Å². The predicted octanol–water partition coefficient (Wildman–Crippen LogP) is 3.79. The zero-order valence-corrected chi connectivity index (χ0v) is 12.9. The Morgan fingerprint density at radius 1 is 1.30 bits per heavy atom. The lowest BCUT2D eigenvalue weighted by Crippen LogP contribution is -2.45. The van der Waals surface area contributed by atoms with Crippen LogP contribution in [0.1, 0.15) is 38.5 Å². The molecule has 0 aromatic heterocycles. The zero-order valence-electron chi connectivity index (χ0n) is 11.3. The first-order valence-electron chi connectivity index (χ1n) is 6.86. The van der Waals surface area contributed by atoms with Crippen LogP contribution in [0, 0.1) is 10.1 Å². The molecule has 0 atom stereocenters. The largest absolute Gasteiger partial charge is 0.485 e. The summed E-state index contributed by atoms with van der Waals surface area (Å²) >= 11 is 3.23. The van der Waals surface area contributed by atoms with Crippen molar-refractivity contribution >= 4 is 21.6 Å². The van der Waals surface area contributed by atoms with E-state index in [1.54, 1.807) is 12.1 Å². The molecule has 0 bridgehead atoms. The Bertz CT molecular complexity index is 485. The molecule has 0 spiro atoms. The number of rotatable bonds is 4. The number of halogens is 1. The third kappa shape index (κ3) is 3.93. The quantitative estimate of drug-likeness (QED) is 0.513. The molecular weight excluding hydrogens is 324 g/mol. The van der Waals surface area contributed by atoms with Gasteiger partial charge in [0.2, 0.25) is 0 Å². The van der Waals surface area contributed by atoms with Crippen LogP contribution < -0.4 is 10.5 Å². The number of nitro benzene ring substituents is 1. The second-order valence-electron chi connectivity index (χ2n) is 5.43. The maximum absolute atomic E-state index is 11.0. The van der Waals surface area contributed by atoms with Gasteiger partial charge in [-0.1, -0.05) is 41.6 Å². The van der Waals surface area contributed by atoms with E-state index in [0.29, 0.717) is 11.1 Å². The summed E-state index contributed by atoms with van der Waals surface area (Å²) in [6.07, 6.45) is 6.44. The molecule has 1 aromatic rings.